The first-order valence-corrected chi connectivity index (χ1v) is 10.2. The van der Waals surface area contributed by atoms with Crippen LogP contribution in [0.4, 0.5) is 0 Å². The third-order valence-electron chi connectivity index (χ3n) is 5.62. The smallest absolute Gasteiger partial charge is 0.255 e. The van der Waals surface area contributed by atoms with Gasteiger partial charge in [0.2, 0.25) is 0 Å². The molecule has 150 valence electrons. The van der Waals surface area contributed by atoms with E-state index in [0.717, 1.165) is 29.4 Å². The van der Waals surface area contributed by atoms with Crippen LogP contribution in [0.5, 0.6) is 0 Å². The normalized spacial score (nSPS) is 14.7. The fourth-order valence-electron chi connectivity index (χ4n) is 4.03. The number of carbonyl (C=O) groups is 2. The Kier molecular flexibility index (Phi) is 5.60. The van der Waals surface area contributed by atoms with Crippen LogP contribution in [-0.2, 0) is 6.54 Å². The van der Waals surface area contributed by atoms with Crippen LogP contribution in [0.3, 0.4) is 0 Å². The van der Waals surface area contributed by atoms with Crippen molar-refractivity contribution < 1.29 is 9.59 Å². The quantitative estimate of drug-likeness (QED) is 0.700. The minimum Gasteiger partial charge on any atom is -0.355 e. The number of nitrogens with one attached hydrogen (secondary N) is 2. The third kappa shape index (κ3) is 4.16. The molecule has 1 saturated carbocycles. The van der Waals surface area contributed by atoms with Gasteiger partial charge in [-0.3, -0.25) is 14.6 Å². The van der Waals surface area contributed by atoms with Gasteiger partial charge in [0.1, 0.15) is 5.52 Å². The van der Waals surface area contributed by atoms with Gasteiger partial charge in [-0.2, -0.15) is 0 Å². The molecule has 2 amide bonds. The lowest BCUT2D eigenvalue weighted by molar-refractivity contribution is 0.0927. The zero-order chi connectivity index (χ0) is 20.2. The summed E-state index contributed by atoms with van der Waals surface area (Å²) in [5.41, 5.74) is 3.95. The van der Waals surface area contributed by atoms with Crippen molar-refractivity contribution in [2.24, 2.45) is 0 Å². The van der Waals surface area contributed by atoms with Crippen molar-refractivity contribution in [3.63, 3.8) is 0 Å². The highest BCUT2D eigenvalue weighted by Gasteiger charge is 2.21. The monoisotopic (exact) mass is 390 g/mol. The number of amides is 2. The van der Waals surface area contributed by atoms with E-state index in [4.69, 9.17) is 0 Å². The van der Waals surface area contributed by atoms with Gasteiger partial charge in [-0.05, 0) is 42.7 Å². The molecule has 2 aromatic heterocycles. The van der Waals surface area contributed by atoms with Crippen LogP contribution in [0.25, 0.3) is 11.0 Å². The topological polar surface area (TPSA) is 76.0 Å². The number of pyridine rings is 1. The van der Waals surface area contributed by atoms with E-state index in [2.05, 4.69) is 15.6 Å². The van der Waals surface area contributed by atoms with Crippen molar-refractivity contribution >= 4 is 22.8 Å². The maximum Gasteiger partial charge on any atom is 0.255 e. The maximum absolute atomic E-state index is 12.9. The third-order valence-corrected chi connectivity index (χ3v) is 5.62. The number of benzene rings is 1. The van der Waals surface area contributed by atoms with Crippen molar-refractivity contribution in [3.8, 4) is 0 Å². The number of hydrogen-bond donors (Lipinski definition) is 2. The minimum atomic E-state index is -0.103. The van der Waals surface area contributed by atoms with Gasteiger partial charge in [0, 0.05) is 37.6 Å². The molecule has 0 radical (unpaired) electrons. The molecule has 1 aliphatic carbocycles. The molecule has 3 aromatic rings. The van der Waals surface area contributed by atoms with Crippen LogP contribution in [0.2, 0.25) is 0 Å². The molecule has 0 spiro atoms. The molecular weight excluding hydrogens is 364 g/mol. The SMILES string of the molecule is CNC(=O)c1ccc(Cn2cc(C(=O)NC3CCCCC3)c3ncccc32)cc1. The lowest BCUT2D eigenvalue weighted by Crippen LogP contribution is -2.36. The lowest BCUT2D eigenvalue weighted by Gasteiger charge is -2.22. The molecule has 0 bridgehead atoms. The maximum atomic E-state index is 12.9. The van der Waals surface area contributed by atoms with Crippen molar-refractivity contribution in [3.05, 3.63) is 65.5 Å². The molecule has 2 N–H and O–H groups in total. The highest BCUT2D eigenvalue weighted by Crippen LogP contribution is 2.22. The van der Waals surface area contributed by atoms with Crippen LogP contribution < -0.4 is 10.6 Å². The summed E-state index contributed by atoms with van der Waals surface area (Å²) < 4.78 is 2.05. The molecule has 0 atom stereocenters. The molecule has 1 aromatic carbocycles. The molecule has 0 saturated heterocycles. The van der Waals surface area contributed by atoms with Crippen LogP contribution in [0.1, 0.15) is 58.4 Å². The number of carbonyl (C=O) groups excluding carboxylic acids is 2. The summed E-state index contributed by atoms with van der Waals surface area (Å²) in [5, 5.41) is 5.82. The fourth-order valence-corrected chi connectivity index (χ4v) is 4.03. The Morgan fingerprint density at radius 3 is 2.55 bits per heavy atom. The summed E-state index contributed by atoms with van der Waals surface area (Å²) in [7, 11) is 1.62. The van der Waals surface area contributed by atoms with Crippen molar-refractivity contribution in [2.45, 2.75) is 44.7 Å². The summed E-state index contributed by atoms with van der Waals surface area (Å²) in [5.74, 6) is -0.150. The first kappa shape index (κ1) is 19.2. The highest BCUT2D eigenvalue weighted by atomic mass is 16.2. The van der Waals surface area contributed by atoms with Crippen LogP contribution in [0, 0.1) is 0 Å². The average molecular weight is 390 g/mol. The molecule has 6 heteroatoms. The number of aromatic nitrogens is 2. The second kappa shape index (κ2) is 8.47. The zero-order valence-corrected chi connectivity index (χ0v) is 16.6. The molecule has 1 aliphatic rings. The summed E-state index contributed by atoms with van der Waals surface area (Å²) in [6.45, 7) is 0.604. The van der Waals surface area contributed by atoms with Gasteiger partial charge < -0.3 is 15.2 Å². The minimum absolute atomic E-state index is 0.0469. The van der Waals surface area contributed by atoms with Crippen molar-refractivity contribution in [2.75, 3.05) is 7.05 Å². The van der Waals surface area contributed by atoms with Gasteiger partial charge in [0.25, 0.3) is 11.8 Å². The van der Waals surface area contributed by atoms with E-state index in [1.165, 1.54) is 19.3 Å². The second-order valence-electron chi connectivity index (χ2n) is 7.63. The molecule has 6 nitrogen and oxygen atoms in total. The molecule has 0 unspecified atom stereocenters. The van der Waals surface area contributed by atoms with Crippen LogP contribution in [-0.4, -0.2) is 34.5 Å². The van der Waals surface area contributed by atoms with Gasteiger partial charge >= 0.3 is 0 Å². The number of nitrogens with zero attached hydrogens (tertiary/aromatic N) is 2. The van der Waals surface area contributed by atoms with E-state index in [0.29, 0.717) is 17.7 Å². The van der Waals surface area contributed by atoms with Crippen LogP contribution >= 0.6 is 0 Å². The Bertz CT molecular complexity index is 1020. The predicted molar refractivity (Wildman–Crippen MR) is 113 cm³/mol. The Hall–Kier alpha value is -3.15. The van der Waals surface area contributed by atoms with E-state index >= 15 is 0 Å². The summed E-state index contributed by atoms with van der Waals surface area (Å²) in [6.07, 6.45) is 9.33. The van der Waals surface area contributed by atoms with Crippen LogP contribution in [0.15, 0.2) is 48.8 Å². The summed E-state index contributed by atoms with van der Waals surface area (Å²) >= 11 is 0. The van der Waals surface area contributed by atoms with E-state index in [9.17, 15) is 9.59 Å². The summed E-state index contributed by atoms with van der Waals surface area (Å²) in [6, 6.07) is 11.6. The number of hydrogen-bond acceptors (Lipinski definition) is 3. The number of fused-ring (bicyclic) bond motifs is 1. The Labute approximate surface area is 170 Å². The predicted octanol–water partition coefficient (Wildman–Crippen LogP) is 3.51. The van der Waals surface area contributed by atoms with Crippen molar-refractivity contribution in [1.29, 1.82) is 0 Å². The van der Waals surface area contributed by atoms with E-state index in [1.807, 2.05) is 47.2 Å². The van der Waals surface area contributed by atoms with Gasteiger partial charge in [-0.25, -0.2) is 0 Å². The Morgan fingerprint density at radius 2 is 1.83 bits per heavy atom. The van der Waals surface area contributed by atoms with E-state index in [1.54, 1.807) is 13.2 Å². The number of rotatable bonds is 5. The molecule has 1 fully saturated rings. The second-order valence-corrected chi connectivity index (χ2v) is 7.63. The fraction of sp³-hybridized carbons (Fsp3) is 0.348. The lowest BCUT2D eigenvalue weighted by atomic mass is 9.95. The van der Waals surface area contributed by atoms with Gasteiger partial charge in [0.15, 0.2) is 0 Å². The standard InChI is InChI=1S/C23H26N4O2/c1-24-22(28)17-11-9-16(10-12-17)14-27-15-19(21-20(27)8-5-13-25-21)23(29)26-18-6-3-2-4-7-18/h5,8-13,15,18H,2-4,6-7,14H2,1H3,(H,24,28)(H,26,29). The largest absolute Gasteiger partial charge is 0.355 e. The highest BCUT2D eigenvalue weighted by molar-refractivity contribution is 6.05. The zero-order valence-electron chi connectivity index (χ0n) is 16.6. The van der Waals surface area contributed by atoms with E-state index in [-0.39, 0.29) is 17.9 Å². The Morgan fingerprint density at radius 1 is 1.07 bits per heavy atom. The first-order valence-electron chi connectivity index (χ1n) is 10.2. The molecule has 29 heavy (non-hydrogen) atoms. The van der Waals surface area contributed by atoms with Gasteiger partial charge in [-0.1, -0.05) is 31.4 Å². The Balaban J connectivity index is 1.58. The van der Waals surface area contributed by atoms with Crippen molar-refractivity contribution in [1.82, 2.24) is 20.2 Å². The van der Waals surface area contributed by atoms with Gasteiger partial charge in [0.05, 0.1) is 11.1 Å². The summed E-state index contributed by atoms with van der Waals surface area (Å²) in [4.78, 5) is 29.1. The van der Waals surface area contributed by atoms with Gasteiger partial charge in [-0.15, -0.1) is 0 Å². The first-order chi connectivity index (χ1) is 14.2. The molecular formula is C23H26N4O2. The molecule has 4 rings (SSSR count). The molecule has 2 heterocycles. The average Bonchev–Trinajstić information content (AvgIpc) is 3.13. The van der Waals surface area contributed by atoms with E-state index < -0.39 is 0 Å². The molecule has 0 aliphatic heterocycles.